The summed E-state index contributed by atoms with van der Waals surface area (Å²) in [5.41, 5.74) is 1.54. The molecular formula is C13H16N4OS. The summed E-state index contributed by atoms with van der Waals surface area (Å²) < 4.78 is 1.62. The number of aromatic nitrogens is 4. The van der Waals surface area contributed by atoms with E-state index < -0.39 is 0 Å². The molecule has 0 N–H and O–H groups in total. The molecule has 100 valence electrons. The SMILES string of the molecule is CCSc1nc2nc3c(cn2n1)C(=O)CC(C)(C)C3. The van der Waals surface area contributed by atoms with Gasteiger partial charge in [0.05, 0.1) is 11.3 Å². The standard InChI is InChI=1S/C13H16N4OS/c1-4-19-12-15-11-14-9-5-13(2,3)6-10(18)8(9)7-17(11)16-12/h7H,4-6H2,1-3H3. The molecule has 0 unspecified atom stereocenters. The van der Waals surface area contributed by atoms with E-state index in [0.717, 1.165) is 17.9 Å². The Bertz CT molecular complexity index is 662. The molecule has 0 spiro atoms. The van der Waals surface area contributed by atoms with Crippen molar-refractivity contribution in [2.75, 3.05) is 5.75 Å². The van der Waals surface area contributed by atoms with E-state index in [-0.39, 0.29) is 11.2 Å². The predicted octanol–water partition coefficient (Wildman–Crippen LogP) is 2.39. The van der Waals surface area contributed by atoms with Gasteiger partial charge in [0.1, 0.15) is 0 Å². The minimum absolute atomic E-state index is 0.0174. The van der Waals surface area contributed by atoms with Gasteiger partial charge in [0.25, 0.3) is 5.78 Å². The first-order chi connectivity index (χ1) is 8.98. The maximum Gasteiger partial charge on any atom is 0.253 e. The summed E-state index contributed by atoms with van der Waals surface area (Å²) in [5.74, 6) is 1.66. The average Bonchev–Trinajstić information content (AvgIpc) is 2.67. The number of nitrogens with zero attached hydrogens (tertiary/aromatic N) is 4. The van der Waals surface area contributed by atoms with Crippen LogP contribution in [0.1, 0.15) is 43.2 Å². The van der Waals surface area contributed by atoms with Crippen LogP contribution in [-0.4, -0.2) is 31.1 Å². The number of rotatable bonds is 2. The molecule has 0 atom stereocenters. The van der Waals surface area contributed by atoms with Gasteiger partial charge in [0, 0.05) is 12.6 Å². The third-order valence-electron chi connectivity index (χ3n) is 3.25. The molecule has 0 bridgehead atoms. The number of carbonyl (C=O) groups excluding carboxylic acids is 1. The van der Waals surface area contributed by atoms with Crippen LogP contribution >= 0.6 is 11.8 Å². The lowest BCUT2D eigenvalue weighted by molar-refractivity contribution is 0.0909. The van der Waals surface area contributed by atoms with Gasteiger partial charge in [-0.1, -0.05) is 32.5 Å². The maximum absolute atomic E-state index is 12.2. The fraction of sp³-hybridized carbons (Fsp3) is 0.538. The molecule has 0 radical (unpaired) electrons. The van der Waals surface area contributed by atoms with Crippen LogP contribution < -0.4 is 0 Å². The van der Waals surface area contributed by atoms with Gasteiger partial charge in [0.15, 0.2) is 5.78 Å². The molecule has 3 rings (SSSR count). The zero-order valence-electron chi connectivity index (χ0n) is 11.3. The van der Waals surface area contributed by atoms with E-state index in [4.69, 9.17) is 0 Å². The largest absolute Gasteiger partial charge is 0.294 e. The minimum Gasteiger partial charge on any atom is -0.294 e. The van der Waals surface area contributed by atoms with Gasteiger partial charge in [-0.05, 0) is 17.6 Å². The molecule has 2 aromatic heterocycles. The van der Waals surface area contributed by atoms with Crippen LogP contribution in [0.4, 0.5) is 0 Å². The Kier molecular flexibility index (Phi) is 2.85. The fourth-order valence-corrected chi connectivity index (χ4v) is 2.99. The number of hydrogen-bond donors (Lipinski definition) is 0. The second-order valence-electron chi connectivity index (χ2n) is 5.61. The van der Waals surface area contributed by atoms with Gasteiger partial charge in [-0.25, -0.2) is 9.50 Å². The molecule has 0 amide bonds. The molecule has 19 heavy (non-hydrogen) atoms. The number of ketones is 1. The number of carbonyl (C=O) groups is 1. The van der Waals surface area contributed by atoms with E-state index in [1.54, 1.807) is 22.5 Å². The van der Waals surface area contributed by atoms with Gasteiger partial charge in [-0.3, -0.25) is 4.79 Å². The van der Waals surface area contributed by atoms with Gasteiger partial charge in [-0.2, -0.15) is 4.98 Å². The van der Waals surface area contributed by atoms with Crippen molar-refractivity contribution in [3.05, 3.63) is 17.5 Å². The van der Waals surface area contributed by atoms with Crippen LogP contribution in [0.3, 0.4) is 0 Å². The molecule has 0 aliphatic heterocycles. The zero-order valence-corrected chi connectivity index (χ0v) is 12.1. The van der Waals surface area contributed by atoms with Crippen molar-refractivity contribution < 1.29 is 4.79 Å². The third kappa shape index (κ3) is 2.25. The highest BCUT2D eigenvalue weighted by molar-refractivity contribution is 7.99. The van der Waals surface area contributed by atoms with Crippen molar-refractivity contribution in [2.45, 2.75) is 38.8 Å². The average molecular weight is 276 g/mol. The quantitative estimate of drug-likeness (QED) is 0.788. The second-order valence-corrected chi connectivity index (χ2v) is 6.85. The molecular weight excluding hydrogens is 260 g/mol. The molecule has 2 aromatic rings. The van der Waals surface area contributed by atoms with Crippen LogP contribution in [0.2, 0.25) is 0 Å². The lowest BCUT2D eigenvalue weighted by Gasteiger charge is -2.28. The normalized spacial score (nSPS) is 17.7. The molecule has 5 nitrogen and oxygen atoms in total. The number of thioether (sulfide) groups is 1. The van der Waals surface area contributed by atoms with Crippen molar-refractivity contribution >= 4 is 23.3 Å². The summed E-state index contributed by atoms with van der Waals surface area (Å²) in [5, 5.41) is 5.05. The van der Waals surface area contributed by atoms with Crippen molar-refractivity contribution in [1.82, 2.24) is 19.6 Å². The Balaban J connectivity index is 2.12. The minimum atomic E-state index is -0.0174. The molecule has 1 aliphatic carbocycles. The topological polar surface area (TPSA) is 60.1 Å². The molecule has 1 aliphatic rings. The molecule has 0 aromatic carbocycles. The van der Waals surface area contributed by atoms with Crippen molar-refractivity contribution in [3.63, 3.8) is 0 Å². The first-order valence-corrected chi connectivity index (χ1v) is 7.39. The van der Waals surface area contributed by atoms with Crippen LogP contribution in [0.15, 0.2) is 11.4 Å². The number of hydrogen-bond acceptors (Lipinski definition) is 5. The van der Waals surface area contributed by atoms with E-state index >= 15 is 0 Å². The van der Waals surface area contributed by atoms with E-state index in [1.807, 2.05) is 0 Å². The highest BCUT2D eigenvalue weighted by Gasteiger charge is 2.32. The molecule has 2 heterocycles. The van der Waals surface area contributed by atoms with Gasteiger partial charge < -0.3 is 0 Å². The van der Waals surface area contributed by atoms with Crippen LogP contribution in [0.5, 0.6) is 0 Å². The van der Waals surface area contributed by atoms with Crippen LogP contribution in [0.25, 0.3) is 5.78 Å². The Morgan fingerprint density at radius 2 is 2.16 bits per heavy atom. The monoisotopic (exact) mass is 276 g/mol. The van der Waals surface area contributed by atoms with Crippen molar-refractivity contribution in [1.29, 1.82) is 0 Å². The Hall–Kier alpha value is -1.43. The zero-order chi connectivity index (χ0) is 13.6. The van der Waals surface area contributed by atoms with Crippen LogP contribution in [-0.2, 0) is 6.42 Å². The number of Topliss-reactive ketones (excluding diaryl/α,β-unsaturated/α-hetero) is 1. The summed E-state index contributed by atoms with van der Waals surface area (Å²) in [6, 6.07) is 0. The van der Waals surface area contributed by atoms with Crippen molar-refractivity contribution in [3.8, 4) is 0 Å². The first kappa shape index (κ1) is 12.6. The smallest absolute Gasteiger partial charge is 0.253 e. The summed E-state index contributed by atoms with van der Waals surface area (Å²) in [7, 11) is 0. The Morgan fingerprint density at radius 3 is 2.89 bits per heavy atom. The molecule has 0 saturated heterocycles. The predicted molar refractivity (Wildman–Crippen MR) is 73.6 cm³/mol. The van der Waals surface area contributed by atoms with Crippen LogP contribution in [0, 0.1) is 5.41 Å². The first-order valence-electron chi connectivity index (χ1n) is 6.41. The van der Waals surface area contributed by atoms with E-state index in [2.05, 4.69) is 35.8 Å². The van der Waals surface area contributed by atoms with Crippen molar-refractivity contribution in [2.24, 2.45) is 5.41 Å². The summed E-state index contributed by atoms with van der Waals surface area (Å²) >= 11 is 1.58. The maximum atomic E-state index is 12.2. The lowest BCUT2D eigenvalue weighted by atomic mass is 9.76. The van der Waals surface area contributed by atoms with Gasteiger partial charge in [0.2, 0.25) is 5.16 Å². The summed E-state index contributed by atoms with van der Waals surface area (Å²) in [6.07, 6.45) is 3.16. The summed E-state index contributed by atoms with van der Waals surface area (Å²) in [6.45, 7) is 6.25. The molecule has 0 saturated carbocycles. The third-order valence-corrected chi connectivity index (χ3v) is 3.97. The highest BCUT2D eigenvalue weighted by Crippen LogP contribution is 2.33. The summed E-state index contributed by atoms with van der Waals surface area (Å²) in [4.78, 5) is 21.1. The molecule has 6 heteroatoms. The lowest BCUT2D eigenvalue weighted by Crippen LogP contribution is -2.28. The Morgan fingerprint density at radius 1 is 1.37 bits per heavy atom. The fourth-order valence-electron chi connectivity index (χ4n) is 2.44. The van der Waals surface area contributed by atoms with E-state index in [0.29, 0.717) is 22.9 Å². The van der Waals surface area contributed by atoms with Gasteiger partial charge in [-0.15, -0.1) is 5.10 Å². The van der Waals surface area contributed by atoms with E-state index in [9.17, 15) is 4.79 Å². The highest BCUT2D eigenvalue weighted by atomic mass is 32.2. The van der Waals surface area contributed by atoms with E-state index in [1.165, 1.54) is 0 Å². The molecule has 0 fully saturated rings. The number of fused-ring (bicyclic) bond motifs is 2. The van der Waals surface area contributed by atoms with Gasteiger partial charge >= 0.3 is 0 Å². The Labute approximate surface area is 115 Å². The second kappa shape index (κ2) is 4.30.